The topological polar surface area (TPSA) is 71.1 Å². The predicted molar refractivity (Wildman–Crippen MR) is 111 cm³/mol. The molecule has 2 amide bonds. The molecule has 1 aromatic rings. The fraction of sp³-hybridized carbons (Fsp3) is 0.565. The van der Waals surface area contributed by atoms with Crippen LogP contribution in [0.25, 0.3) is 0 Å². The monoisotopic (exact) mass is 411 g/mol. The standard InChI is InChI=1S/C23H29N3O4/c1-15-5-8-20(22(27)24-15)26-14-16-13-17(6-7-18(16)23(26)28)30-21-4-2-3-19(21)25-9-11-29-12-10-25/h6-7,13,19-21H,1-5,8-12,14H2,(H,24,27). The van der Waals surface area contributed by atoms with Crippen LogP contribution < -0.4 is 10.1 Å². The molecule has 1 N–H and O–H groups in total. The van der Waals surface area contributed by atoms with Gasteiger partial charge in [0.15, 0.2) is 0 Å². The van der Waals surface area contributed by atoms with E-state index in [1.165, 1.54) is 6.42 Å². The molecule has 3 aliphatic heterocycles. The average molecular weight is 412 g/mol. The number of hydrogen-bond donors (Lipinski definition) is 1. The Balaban J connectivity index is 1.28. The summed E-state index contributed by atoms with van der Waals surface area (Å²) in [6.07, 6.45) is 4.88. The van der Waals surface area contributed by atoms with Crippen molar-refractivity contribution in [2.75, 3.05) is 26.3 Å². The Morgan fingerprint density at radius 1 is 1.13 bits per heavy atom. The zero-order valence-electron chi connectivity index (χ0n) is 17.3. The second-order valence-electron chi connectivity index (χ2n) is 8.70. The molecule has 3 unspecified atom stereocenters. The minimum absolute atomic E-state index is 0.0729. The number of carbonyl (C=O) groups excluding carboxylic acids is 2. The van der Waals surface area contributed by atoms with Gasteiger partial charge in [-0.25, -0.2) is 0 Å². The SMILES string of the molecule is C=C1CCC(N2Cc3cc(OC4CCCC4N4CCOCC4)ccc3C2=O)C(=O)N1. The maximum atomic E-state index is 12.9. The number of fused-ring (bicyclic) bond motifs is 1. The first-order valence-electron chi connectivity index (χ1n) is 11.0. The Morgan fingerprint density at radius 2 is 1.97 bits per heavy atom. The molecule has 1 aromatic carbocycles. The van der Waals surface area contributed by atoms with Gasteiger partial charge in [0.05, 0.1) is 13.2 Å². The van der Waals surface area contributed by atoms with Crippen molar-refractivity contribution < 1.29 is 19.1 Å². The Hall–Kier alpha value is -2.38. The van der Waals surface area contributed by atoms with E-state index in [9.17, 15) is 9.59 Å². The van der Waals surface area contributed by atoms with Crippen LogP contribution in [0.4, 0.5) is 0 Å². The van der Waals surface area contributed by atoms with Crippen LogP contribution >= 0.6 is 0 Å². The van der Waals surface area contributed by atoms with Gasteiger partial charge in [0, 0.05) is 36.9 Å². The first-order valence-corrected chi connectivity index (χ1v) is 11.0. The van der Waals surface area contributed by atoms with Gasteiger partial charge in [0.2, 0.25) is 5.91 Å². The highest BCUT2D eigenvalue weighted by Crippen LogP contribution is 2.33. The molecule has 4 aliphatic rings. The molecule has 30 heavy (non-hydrogen) atoms. The molecule has 3 fully saturated rings. The summed E-state index contributed by atoms with van der Waals surface area (Å²) in [6, 6.07) is 5.74. The largest absolute Gasteiger partial charge is 0.489 e. The zero-order chi connectivity index (χ0) is 20.7. The van der Waals surface area contributed by atoms with Crippen LogP contribution in [-0.2, 0) is 16.1 Å². The summed E-state index contributed by atoms with van der Waals surface area (Å²) in [5.41, 5.74) is 2.34. The van der Waals surface area contributed by atoms with E-state index >= 15 is 0 Å². The molecule has 5 rings (SSSR count). The molecule has 3 atom stereocenters. The number of rotatable bonds is 4. The van der Waals surface area contributed by atoms with Crippen LogP contribution in [0.1, 0.15) is 48.0 Å². The van der Waals surface area contributed by atoms with Crippen molar-refractivity contribution in [2.24, 2.45) is 0 Å². The number of nitrogens with one attached hydrogen (secondary N) is 1. The van der Waals surface area contributed by atoms with Crippen molar-refractivity contribution in [1.82, 2.24) is 15.1 Å². The molecule has 0 bridgehead atoms. The van der Waals surface area contributed by atoms with Gasteiger partial charge in [0.25, 0.3) is 5.91 Å². The third-order valence-corrected chi connectivity index (χ3v) is 6.83. The lowest BCUT2D eigenvalue weighted by atomic mass is 10.0. The zero-order valence-corrected chi connectivity index (χ0v) is 17.3. The number of piperidine rings is 1. The van der Waals surface area contributed by atoms with Gasteiger partial charge in [-0.2, -0.15) is 0 Å². The Labute approximate surface area is 177 Å². The van der Waals surface area contributed by atoms with E-state index in [4.69, 9.17) is 9.47 Å². The second-order valence-corrected chi connectivity index (χ2v) is 8.70. The normalized spacial score (nSPS) is 29.8. The summed E-state index contributed by atoms with van der Waals surface area (Å²) in [6.45, 7) is 7.79. The van der Waals surface area contributed by atoms with E-state index in [0.717, 1.165) is 56.2 Å². The molecule has 2 saturated heterocycles. The first kappa shape index (κ1) is 19.6. The molecule has 0 radical (unpaired) electrons. The summed E-state index contributed by atoms with van der Waals surface area (Å²) in [4.78, 5) is 29.4. The summed E-state index contributed by atoms with van der Waals surface area (Å²) < 4.78 is 11.9. The lowest BCUT2D eigenvalue weighted by Gasteiger charge is -2.35. The van der Waals surface area contributed by atoms with Crippen LogP contribution in [0.2, 0.25) is 0 Å². The summed E-state index contributed by atoms with van der Waals surface area (Å²) >= 11 is 0. The van der Waals surface area contributed by atoms with Crippen molar-refractivity contribution >= 4 is 11.8 Å². The van der Waals surface area contributed by atoms with E-state index in [1.54, 1.807) is 4.90 Å². The Bertz CT molecular complexity index is 864. The Morgan fingerprint density at radius 3 is 2.77 bits per heavy atom. The fourth-order valence-electron chi connectivity index (χ4n) is 5.25. The van der Waals surface area contributed by atoms with E-state index in [0.29, 0.717) is 31.0 Å². The van der Waals surface area contributed by atoms with Crippen molar-refractivity contribution in [1.29, 1.82) is 0 Å². The minimum Gasteiger partial charge on any atom is -0.489 e. The van der Waals surface area contributed by atoms with E-state index in [1.807, 2.05) is 18.2 Å². The number of amides is 2. The number of nitrogens with zero attached hydrogens (tertiary/aromatic N) is 2. The lowest BCUT2D eigenvalue weighted by Crippen LogP contribution is -2.49. The summed E-state index contributed by atoms with van der Waals surface area (Å²) in [7, 11) is 0. The van der Waals surface area contributed by atoms with Crippen LogP contribution in [0.3, 0.4) is 0 Å². The number of morpholine rings is 1. The minimum atomic E-state index is -0.430. The molecule has 3 heterocycles. The number of benzene rings is 1. The predicted octanol–water partition coefficient (Wildman–Crippen LogP) is 2.07. The third kappa shape index (κ3) is 3.61. The number of allylic oxidation sites excluding steroid dienone is 1. The molecular formula is C23H29N3O4. The fourth-order valence-corrected chi connectivity index (χ4v) is 5.25. The van der Waals surface area contributed by atoms with Crippen LogP contribution in [0.5, 0.6) is 5.75 Å². The molecule has 1 saturated carbocycles. The van der Waals surface area contributed by atoms with Gasteiger partial charge in [-0.3, -0.25) is 14.5 Å². The van der Waals surface area contributed by atoms with Gasteiger partial charge in [-0.15, -0.1) is 0 Å². The van der Waals surface area contributed by atoms with Crippen LogP contribution in [0, 0.1) is 0 Å². The number of carbonyl (C=O) groups is 2. The van der Waals surface area contributed by atoms with Crippen molar-refractivity contribution in [3.8, 4) is 5.75 Å². The molecule has 0 aromatic heterocycles. The molecule has 0 spiro atoms. The van der Waals surface area contributed by atoms with Crippen molar-refractivity contribution in [3.63, 3.8) is 0 Å². The van der Waals surface area contributed by atoms with E-state index in [-0.39, 0.29) is 17.9 Å². The quantitative estimate of drug-likeness (QED) is 0.821. The van der Waals surface area contributed by atoms with E-state index in [2.05, 4.69) is 16.8 Å². The van der Waals surface area contributed by atoms with Crippen molar-refractivity contribution in [2.45, 2.75) is 56.8 Å². The average Bonchev–Trinajstić information content (AvgIpc) is 3.33. The van der Waals surface area contributed by atoms with Gasteiger partial charge < -0.3 is 19.7 Å². The number of ether oxygens (including phenoxy) is 2. The number of hydrogen-bond acceptors (Lipinski definition) is 5. The maximum Gasteiger partial charge on any atom is 0.255 e. The molecule has 160 valence electrons. The molecular weight excluding hydrogens is 382 g/mol. The third-order valence-electron chi connectivity index (χ3n) is 6.83. The van der Waals surface area contributed by atoms with Gasteiger partial charge >= 0.3 is 0 Å². The van der Waals surface area contributed by atoms with Gasteiger partial charge in [-0.1, -0.05) is 6.58 Å². The van der Waals surface area contributed by atoms with E-state index < -0.39 is 6.04 Å². The summed E-state index contributed by atoms with van der Waals surface area (Å²) in [5, 5.41) is 2.78. The van der Waals surface area contributed by atoms with Crippen LogP contribution in [-0.4, -0.2) is 66.1 Å². The Kier molecular flexibility index (Phi) is 5.25. The highest BCUT2D eigenvalue weighted by atomic mass is 16.5. The molecule has 7 heteroatoms. The highest BCUT2D eigenvalue weighted by Gasteiger charge is 2.39. The van der Waals surface area contributed by atoms with Crippen LogP contribution in [0.15, 0.2) is 30.5 Å². The highest BCUT2D eigenvalue weighted by molar-refractivity contribution is 6.01. The maximum absolute atomic E-state index is 12.9. The summed E-state index contributed by atoms with van der Waals surface area (Å²) in [5.74, 6) is 0.606. The first-order chi connectivity index (χ1) is 14.6. The smallest absolute Gasteiger partial charge is 0.255 e. The van der Waals surface area contributed by atoms with Gasteiger partial charge in [-0.05, 0) is 55.9 Å². The second kappa shape index (κ2) is 8.04. The molecule has 7 nitrogen and oxygen atoms in total. The lowest BCUT2D eigenvalue weighted by molar-refractivity contribution is -0.126. The van der Waals surface area contributed by atoms with Gasteiger partial charge in [0.1, 0.15) is 17.9 Å². The molecule has 1 aliphatic carbocycles. The van der Waals surface area contributed by atoms with Crippen molar-refractivity contribution in [3.05, 3.63) is 41.6 Å².